The quantitative estimate of drug-likeness (QED) is 0.202. The van der Waals surface area contributed by atoms with Gasteiger partial charge < -0.3 is 20.3 Å². The summed E-state index contributed by atoms with van der Waals surface area (Å²) in [5.41, 5.74) is 1.10. The first-order chi connectivity index (χ1) is 28.0. The molecule has 3 N–H and O–H groups in total. The Labute approximate surface area is 342 Å². The number of rotatable bonds is 7. The van der Waals surface area contributed by atoms with Crippen LogP contribution in [0.3, 0.4) is 0 Å². The van der Waals surface area contributed by atoms with Crippen LogP contribution >= 0.6 is 22.7 Å². The second-order valence-electron chi connectivity index (χ2n) is 15.7. The Morgan fingerprint density at radius 2 is 1.86 bits per heavy atom. The number of sulfonamides is 1. The molecule has 5 heterocycles. The molecule has 5 atom stereocenters. The van der Waals surface area contributed by atoms with Crippen LogP contribution in [0.5, 0.6) is 0 Å². The fraction of sp³-hybridized carbons (Fsp3) is 0.450. The lowest BCUT2D eigenvalue weighted by molar-refractivity contribution is -0.140. The third-order valence-corrected chi connectivity index (χ3v) is 15.3. The lowest BCUT2D eigenvalue weighted by Crippen LogP contribution is -2.57. The molecule has 2 saturated carbocycles. The molecule has 2 aliphatic carbocycles. The molecule has 0 radical (unpaired) electrons. The summed E-state index contributed by atoms with van der Waals surface area (Å²) in [4.78, 5) is 68.7. The Kier molecular flexibility index (Phi) is 10.2. The van der Waals surface area contributed by atoms with Gasteiger partial charge in [0, 0.05) is 29.8 Å². The normalized spacial score (nSPS) is 26.2. The van der Waals surface area contributed by atoms with E-state index in [1.807, 2.05) is 41.8 Å². The number of carbonyl (C=O) groups is 4. The van der Waals surface area contributed by atoms with Crippen LogP contribution in [0.15, 0.2) is 60.0 Å². The molecular weight excluding hydrogens is 806 g/mol. The van der Waals surface area contributed by atoms with E-state index in [9.17, 15) is 32.0 Å². The van der Waals surface area contributed by atoms with Crippen LogP contribution in [0.1, 0.15) is 68.9 Å². The summed E-state index contributed by atoms with van der Waals surface area (Å²) in [6.07, 6.45) is 6.72. The van der Waals surface area contributed by atoms with Gasteiger partial charge in [0.1, 0.15) is 40.2 Å². The van der Waals surface area contributed by atoms with Gasteiger partial charge in [0.2, 0.25) is 21.8 Å². The average Bonchev–Trinajstić information content (AvgIpc) is 3.87. The average molecular weight is 848 g/mol. The molecule has 58 heavy (non-hydrogen) atoms. The van der Waals surface area contributed by atoms with Gasteiger partial charge in [-0.3, -0.25) is 24.0 Å². The van der Waals surface area contributed by atoms with Crippen LogP contribution in [0.4, 0.5) is 14.3 Å². The van der Waals surface area contributed by atoms with Crippen molar-refractivity contribution in [1.82, 2.24) is 29.8 Å². The van der Waals surface area contributed by atoms with Crippen molar-refractivity contribution in [1.29, 1.82) is 0 Å². The summed E-state index contributed by atoms with van der Waals surface area (Å²) in [6, 6.07) is 10.5. The highest BCUT2D eigenvalue weighted by molar-refractivity contribution is 7.91. The highest BCUT2D eigenvalue weighted by Crippen LogP contribution is 2.46. The van der Waals surface area contributed by atoms with Crippen LogP contribution < -0.4 is 15.4 Å². The molecule has 304 valence electrons. The van der Waals surface area contributed by atoms with Crippen molar-refractivity contribution in [2.24, 2.45) is 5.92 Å². The van der Waals surface area contributed by atoms with Crippen LogP contribution in [-0.2, 0) is 42.2 Å². The van der Waals surface area contributed by atoms with Crippen molar-refractivity contribution in [2.45, 2.75) is 99.9 Å². The van der Waals surface area contributed by atoms with Crippen molar-refractivity contribution in [3.63, 3.8) is 0 Å². The number of fused-ring (bicyclic) bond motifs is 4. The Hall–Kier alpha value is -4.94. The van der Waals surface area contributed by atoms with E-state index in [1.54, 1.807) is 12.1 Å². The van der Waals surface area contributed by atoms with Gasteiger partial charge >= 0.3 is 6.09 Å². The largest absolute Gasteiger partial charge is 0.444 e. The summed E-state index contributed by atoms with van der Waals surface area (Å²) < 4.78 is 49.4. The lowest BCUT2D eigenvalue weighted by Gasteiger charge is -2.29. The van der Waals surface area contributed by atoms with E-state index in [0.717, 1.165) is 28.1 Å². The van der Waals surface area contributed by atoms with Crippen LogP contribution in [-0.4, -0.2) is 87.5 Å². The molecular formula is C40H42FN7O7S3. The number of carbonyl (C=O) groups excluding carboxylic acids is 4. The maximum Gasteiger partial charge on any atom is 0.410 e. The molecule has 14 nitrogen and oxygen atoms in total. The number of benzene rings is 2. The van der Waals surface area contributed by atoms with Gasteiger partial charge in [0.05, 0.1) is 28.6 Å². The van der Waals surface area contributed by atoms with Crippen molar-refractivity contribution < 1.29 is 36.7 Å². The summed E-state index contributed by atoms with van der Waals surface area (Å²) >= 11 is 2.86. The Bertz CT molecular complexity index is 2400. The van der Waals surface area contributed by atoms with Crippen LogP contribution in [0.25, 0.3) is 20.9 Å². The second kappa shape index (κ2) is 15.3. The number of halogens is 1. The number of anilines is 1. The van der Waals surface area contributed by atoms with Gasteiger partial charge in [-0.2, -0.15) is 0 Å². The minimum atomic E-state index is -3.91. The zero-order chi connectivity index (χ0) is 40.2. The number of thiazole rings is 2. The summed E-state index contributed by atoms with van der Waals surface area (Å²) in [6.45, 7) is 0.0684. The number of ether oxygens (including phenoxy) is 1. The maximum absolute atomic E-state index is 14.7. The van der Waals surface area contributed by atoms with E-state index in [1.165, 1.54) is 38.5 Å². The van der Waals surface area contributed by atoms with Gasteiger partial charge in [0.25, 0.3) is 5.91 Å². The molecule has 4 aromatic rings. The van der Waals surface area contributed by atoms with Crippen molar-refractivity contribution in [2.75, 3.05) is 11.9 Å². The number of hydrogen-bond acceptors (Lipinski definition) is 12. The van der Waals surface area contributed by atoms with Crippen LogP contribution in [0.2, 0.25) is 0 Å². The van der Waals surface area contributed by atoms with E-state index in [4.69, 9.17) is 14.7 Å². The highest BCUT2D eigenvalue weighted by Gasteiger charge is 2.62. The number of aromatic nitrogens is 2. The number of nitrogens with one attached hydrogen (secondary N) is 3. The molecule has 0 bridgehead atoms. The predicted octanol–water partition coefficient (Wildman–Crippen LogP) is 5.46. The topological polar surface area (TPSA) is 180 Å². The molecule has 3 fully saturated rings. The molecule has 5 aliphatic rings. The molecule has 18 heteroatoms. The standard InChI is InChI=1S/C40H42FN7O7S3/c41-28-11-8-9-23-19-47(21-27(23)28)39(52)55-25-17-32-34(49)45-40(37(51)46-58(53,54)26-15-16-26)18-24(40)10-4-2-1-3-5-13-30(36(50)48(32)20-25)43-38-44-31(22-56-38)35-42-29-12-6-7-14-33(29)57-35/h4,6-12,14,22,24-26,30,32H,1-3,5,13,15-21H2,(H,43,44)(H,45,49)(H,46,51)/t24-,25-,30+,32+,40-/m1/s1. The van der Waals surface area contributed by atoms with Crippen LogP contribution in [0, 0.1) is 11.7 Å². The van der Waals surface area contributed by atoms with Gasteiger partial charge in [-0.25, -0.2) is 27.6 Å². The van der Waals surface area contributed by atoms with E-state index in [0.29, 0.717) is 54.1 Å². The third kappa shape index (κ3) is 7.68. The first-order valence-electron chi connectivity index (χ1n) is 19.6. The van der Waals surface area contributed by atoms with E-state index in [2.05, 4.69) is 15.4 Å². The Morgan fingerprint density at radius 3 is 2.67 bits per heavy atom. The van der Waals surface area contributed by atoms with E-state index >= 15 is 0 Å². The zero-order valence-corrected chi connectivity index (χ0v) is 33.8. The smallest absolute Gasteiger partial charge is 0.410 e. The third-order valence-electron chi connectivity index (χ3n) is 11.6. The zero-order valence-electron chi connectivity index (χ0n) is 31.4. The highest BCUT2D eigenvalue weighted by atomic mass is 32.2. The fourth-order valence-corrected chi connectivity index (χ4v) is 11.3. The summed E-state index contributed by atoms with van der Waals surface area (Å²) in [5, 5.41) is 8.70. The van der Waals surface area contributed by atoms with Gasteiger partial charge in [0.15, 0.2) is 5.13 Å². The van der Waals surface area contributed by atoms with Crippen molar-refractivity contribution >= 4 is 71.9 Å². The molecule has 4 amide bonds. The van der Waals surface area contributed by atoms with E-state index in [-0.39, 0.29) is 32.5 Å². The summed E-state index contributed by atoms with van der Waals surface area (Å²) in [7, 11) is -3.91. The molecule has 9 rings (SSSR count). The Morgan fingerprint density at radius 1 is 1.02 bits per heavy atom. The molecule has 3 aliphatic heterocycles. The van der Waals surface area contributed by atoms with E-state index < -0.39 is 74.5 Å². The molecule has 2 aromatic carbocycles. The van der Waals surface area contributed by atoms with Gasteiger partial charge in [-0.1, -0.05) is 49.3 Å². The number of amides is 4. The maximum atomic E-state index is 14.7. The second-order valence-corrected chi connectivity index (χ2v) is 19.6. The fourth-order valence-electron chi connectivity index (χ4n) is 8.14. The Balaban J connectivity index is 0.982. The number of allylic oxidation sites excluding steroid dienone is 1. The first kappa shape index (κ1) is 38.6. The monoisotopic (exact) mass is 847 g/mol. The molecule has 1 saturated heterocycles. The number of hydrogen-bond donors (Lipinski definition) is 3. The summed E-state index contributed by atoms with van der Waals surface area (Å²) in [5.74, 6) is -2.72. The predicted molar refractivity (Wildman–Crippen MR) is 215 cm³/mol. The molecule has 0 spiro atoms. The molecule has 2 aromatic heterocycles. The number of para-hydroxylation sites is 1. The van der Waals surface area contributed by atoms with Crippen molar-refractivity contribution in [3.8, 4) is 10.7 Å². The van der Waals surface area contributed by atoms with Crippen molar-refractivity contribution in [3.05, 3.63) is 76.9 Å². The SMILES string of the molecule is O=C1N[C@]2(C(=O)NS(=O)(=O)C3CC3)C[C@H]2C=CCCCCC[C@H](Nc2nc(-c3nc4ccccc4s3)cs2)C(=O)N2C[C@H](OC(=O)N3Cc4cccc(F)c4C3)C[C@@H]12. The first-order valence-corrected chi connectivity index (χ1v) is 22.9. The van der Waals surface area contributed by atoms with Gasteiger partial charge in [-0.05, 0) is 62.3 Å². The number of nitrogens with zero attached hydrogens (tertiary/aromatic N) is 4. The van der Waals surface area contributed by atoms with Gasteiger partial charge in [-0.15, -0.1) is 22.7 Å². The minimum Gasteiger partial charge on any atom is -0.444 e. The lowest BCUT2D eigenvalue weighted by atomic mass is 10.1. The minimum absolute atomic E-state index is 0.0231. The molecule has 0 unspecified atom stereocenters.